The van der Waals surface area contributed by atoms with Crippen LogP contribution < -0.4 is 5.32 Å². The minimum atomic E-state index is -4.12. The van der Waals surface area contributed by atoms with Gasteiger partial charge in [-0.2, -0.15) is 8.42 Å². The first kappa shape index (κ1) is 30.5. The topological polar surface area (TPSA) is 92.7 Å². The summed E-state index contributed by atoms with van der Waals surface area (Å²) in [6.07, 6.45) is 17.3. The van der Waals surface area contributed by atoms with Crippen LogP contribution in [0.25, 0.3) is 0 Å². The van der Waals surface area contributed by atoms with E-state index in [2.05, 4.69) is 12.2 Å². The number of nitrogens with one attached hydrogen (secondary N) is 1. The molecule has 0 bridgehead atoms. The van der Waals surface area contributed by atoms with Crippen molar-refractivity contribution >= 4 is 16.1 Å². The Labute approximate surface area is 180 Å². The van der Waals surface area contributed by atoms with Crippen LogP contribution in [0.3, 0.4) is 0 Å². The minimum absolute atomic E-state index is 0.484. The smallest absolute Gasteiger partial charge is 0.302 e. The van der Waals surface area contributed by atoms with Crippen LogP contribution in [0.2, 0.25) is 0 Å². The average molecular weight is 438 g/mol. The predicted molar refractivity (Wildman–Crippen MR) is 122 cm³/mol. The van der Waals surface area contributed by atoms with E-state index in [4.69, 9.17) is 9.29 Å². The summed E-state index contributed by atoms with van der Waals surface area (Å²) in [7, 11) is -0.366. The van der Waals surface area contributed by atoms with Crippen molar-refractivity contribution in [2.75, 3.05) is 19.8 Å². The van der Waals surface area contributed by atoms with E-state index in [1.165, 1.54) is 77.6 Å². The zero-order chi connectivity index (χ0) is 22.4. The van der Waals surface area contributed by atoms with Crippen LogP contribution in [0.4, 0.5) is 0 Å². The molecule has 1 atom stereocenters. The molecule has 0 aromatic rings. The first-order chi connectivity index (χ1) is 13.8. The van der Waals surface area contributed by atoms with E-state index in [1.807, 2.05) is 14.1 Å². The zero-order valence-electron chi connectivity index (χ0n) is 19.4. The molecule has 2 N–H and O–H groups in total. The molecule has 0 aromatic carbocycles. The second-order valence-electron chi connectivity index (χ2n) is 7.86. The molecule has 0 saturated heterocycles. The Morgan fingerprint density at radius 2 is 1.17 bits per heavy atom. The van der Waals surface area contributed by atoms with E-state index in [0.717, 1.165) is 19.3 Å². The molecule has 0 saturated carbocycles. The summed E-state index contributed by atoms with van der Waals surface area (Å²) in [4.78, 5) is 11.0. The molecular weight excluding hydrogens is 390 g/mol. The number of ether oxygens (including phenoxy) is 1. The molecular formula is C22H47NO5S. The van der Waals surface area contributed by atoms with Crippen molar-refractivity contribution in [3.8, 4) is 0 Å². The number of unbranched alkanes of at least 4 members (excludes halogenated alkanes) is 13. The Bertz CT molecular complexity index is 454. The lowest BCUT2D eigenvalue weighted by Gasteiger charge is -2.15. The van der Waals surface area contributed by atoms with E-state index in [0.29, 0.717) is 6.42 Å². The van der Waals surface area contributed by atoms with Crippen molar-refractivity contribution in [2.45, 2.75) is 116 Å². The third kappa shape index (κ3) is 29.6. The van der Waals surface area contributed by atoms with Gasteiger partial charge in [0.25, 0.3) is 10.1 Å². The molecule has 29 heavy (non-hydrogen) atoms. The maximum absolute atomic E-state index is 11.0. The van der Waals surface area contributed by atoms with Crippen LogP contribution in [0, 0.1) is 0 Å². The van der Waals surface area contributed by atoms with Gasteiger partial charge < -0.3 is 10.1 Å². The van der Waals surface area contributed by atoms with Gasteiger partial charge in [-0.15, -0.1) is 0 Å². The number of hydrogen-bond donors (Lipinski definition) is 2. The molecule has 6 nitrogen and oxygen atoms in total. The van der Waals surface area contributed by atoms with Gasteiger partial charge in [-0.3, -0.25) is 9.35 Å². The fourth-order valence-corrected chi connectivity index (χ4v) is 3.92. The van der Waals surface area contributed by atoms with Gasteiger partial charge in [-0.25, -0.2) is 0 Å². The summed E-state index contributed by atoms with van der Waals surface area (Å²) in [5, 5.41) is 2.75. The van der Waals surface area contributed by atoms with E-state index < -0.39 is 27.9 Å². The molecule has 0 spiro atoms. The van der Waals surface area contributed by atoms with E-state index in [1.54, 1.807) is 0 Å². The molecule has 1 unspecified atom stereocenters. The van der Waals surface area contributed by atoms with Crippen molar-refractivity contribution < 1.29 is 22.5 Å². The molecule has 0 rings (SSSR count). The molecule has 0 aliphatic carbocycles. The summed E-state index contributed by atoms with van der Waals surface area (Å²) in [5.74, 6) is -1.02. The Hall–Kier alpha value is -0.660. The molecule has 0 radical (unpaired) electrons. The zero-order valence-corrected chi connectivity index (χ0v) is 20.2. The second-order valence-corrected chi connectivity index (χ2v) is 9.36. The normalized spacial score (nSPS) is 12.2. The molecule has 7 heteroatoms. The van der Waals surface area contributed by atoms with E-state index >= 15 is 0 Å². The molecule has 0 aliphatic rings. The summed E-state index contributed by atoms with van der Waals surface area (Å²) >= 11 is 0. The average Bonchev–Trinajstić information content (AvgIpc) is 2.60. The summed E-state index contributed by atoms with van der Waals surface area (Å²) in [5.41, 5.74) is 0. The maximum atomic E-state index is 11.0. The fourth-order valence-electron chi connectivity index (χ4n) is 3.21. The van der Waals surface area contributed by atoms with Crippen LogP contribution in [0.15, 0.2) is 0 Å². The molecule has 0 heterocycles. The molecule has 0 aliphatic heterocycles. The van der Waals surface area contributed by atoms with Crippen LogP contribution >= 0.6 is 0 Å². The van der Waals surface area contributed by atoms with Gasteiger partial charge in [0, 0.05) is 6.92 Å². The van der Waals surface area contributed by atoms with E-state index in [-0.39, 0.29) is 0 Å². The van der Waals surface area contributed by atoms with Crippen LogP contribution in [-0.2, 0) is 19.6 Å². The first-order valence-electron chi connectivity index (χ1n) is 11.5. The van der Waals surface area contributed by atoms with Gasteiger partial charge in [0.1, 0.15) is 11.9 Å². The highest BCUT2D eigenvalue weighted by Gasteiger charge is 2.19. The van der Waals surface area contributed by atoms with Crippen molar-refractivity contribution in [2.24, 2.45) is 0 Å². The Balaban J connectivity index is 0. The summed E-state index contributed by atoms with van der Waals surface area (Å²) in [6, 6.07) is 0. The highest BCUT2D eigenvalue weighted by atomic mass is 32.2. The van der Waals surface area contributed by atoms with Crippen LogP contribution in [0.1, 0.15) is 110 Å². The lowest BCUT2D eigenvalue weighted by molar-refractivity contribution is -0.145. The van der Waals surface area contributed by atoms with Crippen LogP contribution in [0.5, 0.6) is 0 Å². The molecule has 0 fully saturated rings. The van der Waals surface area contributed by atoms with Gasteiger partial charge in [-0.1, -0.05) is 90.4 Å². The summed E-state index contributed by atoms with van der Waals surface area (Å²) in [6.45, 7) is 3.50. The molecule has 0 aromatic heterocycles. The minimum Gasteiger partial charge on any atom is -0.461 e. The molecule has 0 amide bonds. The maximum Gasteiger partial charge on any atom is 0.302 e. The quantitative estimate of drug-likeness (QED) is 0.167. The molecule has 176 valence electrons. The van der Waals surface area contributed by atoms with Gasteiger partial charge in [0.05, 0.1) is 0 Å². The first-order valence-corrected chi connectivity index (χ1v) is 13.1. The number of carbonyl (C=O) groups is 1. The number of hydrogen-bond acceptors (Lipinski definition) is 5. The van der Waals surface area contributed by atoms with Crippen molar-refractivity contribution in [1.82, 2.24) is 5.32 Å². The van der Waals surface area contributed by atoms with Crippen molar-refractivity contribution in [3.63, 3.8) is 0 Å². The lowest BCUT2D eigenvalue weighted by Crippen LogP contribution is -2.25. The Kier molecular flexibility index (Phi) is 23.2. The third-order valence-electron chi connectivity index (χ3n) is 4.61. The highest BCUT2D eigenvalue weighted by Crippen LogP contribution is 2.15. The lowest BCUT2D eigenvalue weighted by atomic mass is 10.0. The SMILES string of the molecule is CCCCCCCCCCCCCCCCC(CS(=O)(=O)O)OC(C)=O.CNC. The van der Waals surface area contributed by atoms with Crippen LogP contribution in [-0.4, -0.2) is 44.9 Å². The standard InChI is InChI=1S/C20H40O5S.C2H7N/c1-3-4-5-6-7-8-9-10-11-12-13-14-15-16-17-20(25-19(2)21)18-26(22,23)24;1-3-2/h20H,3-18H2,1-2H3,(H,22,23,24);3H,1-2H3. The van der Waals surface area contributed by atoms with Crippen molar-refractivity contribution in [1.29, 1.82) is 0 Å². The number of esters is 1. The highest BCUT2D eigenvalue weighted by molar-refractivity contribution is 7.85. The third-order valence-corrected chi connectivity index (χ3v) is 5.40. The Morgan fingerprint density at radius 3 is 1.48 bits per heavy atom. The van der Waals surface area contributed by atoms with Gasteiger partial charge in [0.2, 0.25) is 0 Å². The summed E-state index contributed by atoms with van der Waals surface area (Å²) < 4.78 is 35.7. The van der Waals surface area contributed by atoms with E-state index in [9.17, 15) is 13.2 Å². The number of carbonyl (C=O) groups excluding carboxylic acids is 1. The number of rotatable bonds is 18. The second kappa shape index (κ2) is 22.0. The van der Waals surface area contributed by atoms with Gasteiger partial charge >= 0.3 is 5.97 Å². The monoisotopic (exact) mass is 437 g/mol. The predicted octanol–water partition coefficient (Wildman–Crippen LogP) is 5.51. The van der Waals surface area contributed by atoms with Gasteiger partial charge in [0.15, 0.2) is 0 Å². The van der Waals surface area contributed by atoms with Gasteiger partial charge in [-0.05, 0) is 26.9 Å². The van der Waals surface area contributed by atoms with Crippen molar-refractivity contribution in [3.05, 3.63) is 0 Å². The largest absolute Gasteiger partial charge is 0.461 e. The Morgan fingerprint density at radius 1 is 0.828 bits per heavy atom. The fraction of sp³-hybridized carbons (Fsp3) is 0.955.